The molecule has 0 amide bonds. The highest BCUT2D eigenvalue weighted by atomic mass is 35.5. The first kappa shape index (κ1) is 6.88. The normalized spacial score (nSPS) is 34.3. The summed E-state index contributed by atoms with van der Waals surface area (Å²) in [4.78, 5) is -0.116. The fraction of sp³-hybridized carbons (Fsp3) is 0.500. The van der Waals surface area contributed by atoms with Crippen LogP contribution in [0.2, 0.25) is 0 Å². The number of hydrogen-bond donors (Lipinski definition) is 0. The van der Waals surface area contributed by atoms with Gasteiger partial charge < -0.3 is 0 Å². The minimum atomic E-state index is -0.116. The van der Waals surface area contributed by atoms with Crippen molar-refractivity contribution in [2.24, 2.45) is 0 Å². The zero-order valence-electron chi connectivity index (χ0n) is 5.82. The molecule has 0 nitrogen and oxygen atoms in total. The van der Waals surface area contributed by atoms with Gasteiger partial charge in [0.1, 0.15) is 0 Å². The molecule has 0 spiro atoms. The molecule has 0 saturated carbocycles. The van der Waals surface area contributed by atoms with Gasteiger partial charge in [0, 0.05) is 0 Å². The van der Waals surface area contributed by atoms with Crippen LogP contribution in [0.25, 0.3) is 0 Å². The van der Waals surface area contributed by atoms with Gasteiger partial charge in [-0.05, 0) is 20.3 Å². The highest BCUT2D eigenvalue weighted by Gasteiger charge is 2.22. The van der Waals surface area contributed by atoms with E-state index in [2.05, 4.69) is 25.2 Å². The molecule has 1 unspecified atom stereocenters. The lowest BCUT2D eigenvalue weighted by Gasteiger charge is -2.23. The summed E-state index contributed by atoms with van der Waals surface area (Å²) in [6.45, 7) is 4.11. The van der Waals surface area contributed by atoms with Gasteiger partial charge in [0.25, 0.3) is 0 Å². The Kier molecular flexibility index (Phi) is 1.67. The molecule has 0 aromatic heterocycles. The van der Waals surface area contributed by atoms with Crippen molar-refractivity contribution < 1.29 is 0 Å². The summed E-state index contributed by atoms with van der Waals surface area (Å²) < 4.78 is 0. The Morgan fingerprint density at radius 2 is 2.33 bits per heavy atom. The number of rotatable bonds is 0. The highest BCUT2D eigenvalue weighted by molar-refractivity contribution is 6.25. The summed E-state index contributed by atoms with van der Waals surface area (Å²) >= 11 is 6.10. The van der Waals surface area contributed by atoms with Crippen molar-refractivity contribution in [3.8, 4) is 0 Å². The number of hydrogen-bond acceptors (Lipinski definition) is 0. The molecule has 0 N–H and O–H groups in total. The minimum Gasteiger partial charge on any atom is -0.114 e. The van der Waals surface area contributed by atoms with E-state index in [1.54, 1.807) is 0 Å². The number of halogens is 1. The van der Waals surface area contributed by atoms with E-state index in [1.807, 2.05) is 6.92 Å². The second kappa shape index (κ2) is 2.18. The first-order valence-electron chi connectivity index (χ1n) is 3.16. The van der Waals surface area contributed by atoms with Gasteiger partial charge in [-0.1, -0.05) is 23.8 Å². The van der Waals surface area contributed by atoms with Crippen LogP contribution in [-0.2, 0) is 0 Å². The Balaban J connectivity index is 2.83. The molecule has 1 aliphatic carbocycles. The molecule has 1 rings (SSSR count). The lowest BCUT2D eigenvalue weighted by Crippen LogP contribution is -2.18. The average molecular weight is 143 g/mol. The zero-order valence-corrected chi connectivity index (χ0v) is 6.57. The summed E-state index contributed by atoms with van der Waals surface area (Å²) in [6, 6.07) is 0. The van der Waals surface area contributed by atoms with Gasteiger partial charge in [-0.25, -0.2) is 0 Å². The third-order valence-electron chi connectivity index (χ3n) is 1.81. The molecule has 1 heteroatoms. The van der Waals surface area contributed by atoms with Crippen LogP contribution in [0.5, 0.6) is 0 Å². The molecule has 0 aliphatic heterocycles. The first-order chi connectivity index (χ1) is 4.13. The molecule has 0 saturated heterocycles. The van der Waals surface area contributed by atoms with Crippen molar-refractivity contribution >= 4 is 11.6 Å². The van der Waals surface area contributed by atoms with Gasteiger partial charge in [0.15, 0.2) is 0 Å². The molecular formula is C8H11Cl. The van der Waals surface area contributed by atoms with Crippen LogP contribution < -0.4 is 0 Å². The second-order valence-electron chi connectivity index (χ2n) is 2.68. The van der Waals surface area contributed by atoms with E-state index in [4.69, 9.17) is 11.6 Å². The average Bonchev–Trinajstić information content (AvgIpc) is 1.77. The Labute approximate surface area is 61.2 Å². The molecule has 0 radical (unpaired) electrons. The van der Waals surface area contributed by atoms with Crippen LogP contribution in [0.4, 0.5) is 0 Å². The summed E-state index contributed by atoms with van der Waals surface area (Å²) in [5, 5.41) is 0. The quantitative estimate of drug-likeness (QED) is 0.457. The van der Waals surface area contributed by atoms with Gasteiger partial charge in [-0.2, -0.15) is 0 Å². The van der Waals surface area contributed by atoms with Crippen LogP contribution in [0, 0.1) is 0 Å². The van der Waals surface area contributed by atoms with Gasteiger partial charge >= 0.3 is 0 Å². The molecule has 0 aromatic carbocycles. The molecule has 50 valence electrons. The van der Waals surface area contributed by atoms with E-state index in [1.165, 1.54) is 5.57 Å². The standard InChI is InChI=1S/C8H11Cl/c1-7-5-3-4-6-8(7,2)9/h3-5H,6H2,1-2H3. The van der Waals surface area contributed by atoms with Crippen LogP contribution >= 0.6 is 11.6 Å². The highest BCUT2D eigenvalue weighted by Crippen LogP contribution is 2.30. The van der Waals surface area contributed by atoms with Crippen molar-refractivity contribution in [1.82, 2.24) is 0 Å². The largest absolute Gasteiger partial charge is 0.114 e. The summed E-state index contributed by atoms with van der Waals surface area (Å²) in [7, 11) is 0. The topological polar surface area (TPSA) is 0 Å². The van der Waals surface area contributed by atoms with Crippen LogP contribution in [0.15, 0.2) is 23.8 Å². The van der Waals surface area contributed by atoms with Gasteiger partial charge in [-0.3, -0.25) is 0 Å². The smallest absolute Gasteiger partial charge is 0.0661 e. The summed E-state index contributed by atoms with van der Waals surface area (Å²) in [6.07, 6.45) is 7.17. The molecule has 0 fully saturated rings. The van der Waals surface area contributed by atoms with Crippen LogP contribution in [0.3, 0.4) is 0 Å². The third kappa shape index (κ3) is 1.36. The maximum atomic E-state index is 6.10. The van der Waals surface area contributed by atoms with Crippen molar-refractivity contribution in [1.29, 1.82) is 0 Å². The maximum absolute atomic E-state index is 6.10. The van der Waals surface area contributed by atoms with Crippen LogP contribution in [0.1, 0.15) is 20.3 Å². The molecule has 1 atom stereocenters. The third-order valence-corrected chi connectivity index (χ3v) is 2.26. The predicted molar refractivity (Wildman–Crippen MR) is 41.8 cm³/mol. The predicted octanol–water partition coefficient (Wildman–Crippen LogP) is 2.89. The van der Waals surface area contributed by atoms with Gasteiger partial charge in [0.05, 0.1) is 4.87 Å². The van der Waals surface area contributed by atoms with Crippen molar-refractivity contribution in [3.05, 3.63) is 23.8 Å². The fourth-order valence-electron chi connectivity index (χ4n) is 0.836. The van der Waals surface area contributed by atoms with Gasteiger partial charge in [0.2, 0.25) is 0 Å². The summed E-state index contributed by atoms with van der Waals surface area (Å²) in [5.74, 6) is 0. The number of alkyl halides is 1. The number of allylic oxidation sites excluding steroid dienone is 4. The Morgan fingerprint density at radius 3 is 2.67 bits per heavy atom. The molecule has 0 heterocycles. The van der Waals surface area contributed by atoms with Gasteiger partial charge in [-0.15, -0.1) is 11.6 Å². The molecular weight excluding hydrogens is 132 g/mol. The van der Waals surface area contributed by atoms with E-state index in [-0.39, 0.29) is 4.87 Å². The Hall–Kier alpha value is -0.230. The first-order valence-corrected chi connectivity index (χ1v) is 3.53. The van der Waals surface area contributed by atoms with Crippen molar-refractivity contribution in [2.45, 2.75) is 25.1 Å². The minimum absolute atomic E-state index is 0.116. The van der Waals surface area contributed by atoms with E-state index >= 15 is 0 Å². The lowest BCUT2D eigenvalue weighted by molar-refractivity contribution is 0.732. The molecule has 1 aliphatic rings. The van der Waals surface area contributed by atoms with E-state index in [0.29, 0.717) is 0 Å². The monoisotopic (exact) mass is 142 g/mol. The summed E-state index contributed by atoms with van der Waals surface area (Å²) in [5.41, 5.74) is 1.26. The lowest BCUT2D eigenvalue weighted by atomic mass is 9.94. The van der Waals surface area contributed by atoms with E-state index in [9.17, 15) is 0 Å². The molecule has 0 aromatic rings. The van der Waals surface area contributed by atoms with E-state index in [0.717, 1.165) is 6.42 Å². The maximum Gasteiger partial charge on any atom is 0.0661 e. The second-order valence-corrected chi connectivity index (χ2v) is 3.51. The Morgan fingerprint density at radius 1 is 1.67 bits per heavy atom. The zero-order chi connectivity index (χ0) is 6.91. The fourth-order valence-corrected chi connectivity index (χ4v) is 0.989. The Bertz CT molecular complexity index is 163. The SMILES string of the molecule is CC1=CC=CCC1(C)Cl. The molecule has 9 heavy (non-hydrogen) atoms. The van der Waals surface area contributed by atoms with Crippen molar-refractivity contribution in [2.75, 3.05) is 0 Å². The van der Waals surface area contributed by atoms with E-state index < -0.39 is 0 Å². The van der Waals surface area contributed by atoms with Crippen molar-refractivity contribution in [3.63, 3.8) is 0 Å². The molecule has 0 bridgehead atoms. The van der Waals surface area contributed by atoms with Crippen LogP contribution in [-0.4, -0.2) is 4.87 Å².